The number of carbonyl (C=O) groups is 1. The number of rotatable bonds is 4. The standard InChI is InChI=1S/C18H19N3O2/c1-13(10-14-6-8-17(22)9-7-14)21(2)18(23)20-16-5-3-4-15(11-16)12-19/h3-9,11,13,22H,10H2,1-2H3,(H,20,23)/t13-/m1/s1. The topological polar surface area (TPSA) is 76.4 Å². The van der Waals surface area contributed by atoms with Gasteiger partial charge in [-0.25, -0.2) is 4.79 Å². The van der Waals surface area contributed by atoms with Crippen LogP contribution in [0.25, 0.3) is 0 Å². The summed E-state index contributed by atoms with van der Waals surface area (Å²) in [4.78, 5) is 13.9. The summed E-state index contributed by atoms with van der Waals surface area (Å²) >= 11 is 0. The third kappa shape index (κ3) is 4.48. The summed E-state index contributed by atoms with van der Waals surface area (Å²) < 4.78 is 0. The minimum Gasteiger partial charge on any atom is -0.508 e. The number of urea groups is 1. The van der Waals surface area contributed by atoms with Crippen molar-refractivity contribution in [1.29, 1.82) is 5.26 Å². The minimum atomic E-state index is -0.230. The van der Waals surface area contributed by atoms with Crippen molar-refractivity contribution in [3.8, 4) is 11.8 Å². The average Bonchev–Trinajstić information content (AvgIpc) is 2.56. The van der Waals surface area contributed by atoms with E-state index >= 15 is 0 Å². The fourth-order valence-corrected chi connectivity index (χ4v) is 2.19. The lowest BCUT2D eigenvalue weighted by Gasteiger charge is -2.25. The number of hydrogen-bond acceptors (Lipinski definition) is 3. The quantitative estimate of drug-likeness (QED) is 0.909. The number of anilines is 1. The molecule has 2 amide bonds. The molecule has 0 spiro atoms. The van der Waals surface area contributed by atoms with Gasteiger partial charge in [0, 0.05) is 18.8 Å². The first-order valence-electron chi connectivity index (χ1n) is 7.31. The summed E-state index contributed by atoms with van der Waals surface area (Å²) in [5.41, 5.74) is 2.14. The van der Waals surface area contributed by atoms with Crippen LogP contribution in [-0.2, 0) is 6.42 Å². The maximum atomic E-state index is 12.3. The van der Waals surface area contributed by atoms with Gasteiger partial charge in [-0.2, -0.15) is 5.26 Å². The summed E-state index contributed by atoms with van der Waals surface area (Å²) in [6.07, 6.45) is 0.683. The van der Waals surface area contributed by atoms with E-state index in [9.17, 15) is 9.90 Å². The van der Waals surface area contributed by atoms with Gasteiger partial charge >= 0.3 is 6.03 Å². The summed E-state index contributed by atoms with van der Waals surface area (Å²) in [6.45, 7) is 1.96. The Bertz CT molecular complexity index is 720. The highest BCUT2D eigenvalue weighted by atomic mass is 16.3. The maximum absolute atomic E-state index is 12.3. The Labute approximate surface area is 135 Å². The van der Waals surface area contributed by atoms with E-state index in [4.69, 9.17) is 5.26 Å². The summed E-state index contributed by atoms with van der Waals surface area (Å²) in [6, 6.07) is 15.6. The zero-order valence-electron chi connectivity index (χ0n) is 13.2. The van der Waals surface area contributed by atoms with Crippen LogP contribution < -0.4 is 5.32 Å². The lowest BCUT2D eigenvalue weighted by atomic mass is 10.1. The van der Waals surface area contributed by atoms with Crippen LogP contribution in [0.1, 0.15) is 18.1 Å². The Kier molecular flexibility index (Phi) is 5.21. The molecule has 0 fully saturated rings. The van der Waals surface area contributed by atoms with Crippen LogP contribution in [0.15, 0.2) is 48.5 Å². The van der Waals surface area contributed by atoms with E-state index in [1.165, 1.54) is 0 Å². The van der Waals surface area contributed by atoms with Crippen molar-refractivity contribution in [2.45, 2.75) is 19.4 Å². The molecule has 1 atom stereocenters. The fourth-order valence-electron chi connectivity index (χ4n) is 2.19. The predicted molar refractivity (Wildman–Crippen MR) is 89.2 cm³/mol. The third-order valence-electron chi connectivity index (χ3n) is 3.69. The summed E-state index contributed by atoms with van der Waals surface area (Å²) in [5.74, 6) is 0.227. The Hall–Kier alpha value is -3.00. The lowest BCUT2D eigenvalue weighted by molar-refractivity contribution is 0.207. The molecule has 0 aliphatic rings. The second-order valence-electron chi connectivity index (χ2n) is 5.45. The number of nitrogens with one attached hydrogen (secondary N) is 1. The maximum Gasteiger partial charge on any atom is 0.321 e. The highest BCUT2D eigenvalue weighted by molar-refractivity contribution is 5.89. The van der Waals surface area contributed by atoms with Crippen LogP contribution in [0, 0.1) is 11.3 Å². The number of carbonyl (C=O) groups excluding carboxylic acids is 1. The number of likely N-dealkylation sites (N-methyl/N-ethyl adjacent to an activating group) is 1. The molecule has 2 aromatic rings. The second kappa shape index (κ2) is 7.32. The van der Waals surface area contributed by atoms with Gasteiger partial charge in [0.1, 0.15) is 5.75 Å². The fraction of sp³-hybridized carbons (Fsp3) is 0.222. The molecule has 118 valence electrons. The van der Waals surface area contributed by atoms with Crippen molar-refractivity contribution in [2.24, 2.45) is 0 Å². The predicted octanol–water partition coefficient (Wildman–Crippen LogP) is 3.36. The number of phenols is 1. The Morgan fingerprint density at radius 3 is 2.65 bits per heavy atom. The Balaban J connectivity index is 1.98. The van der Waals surface area contributed by atoms with Crippen LogP contribution in [0.3, 0.4) is 0 Å². The minimum absolute atomic E-state index is 0.0151. The van der Waals surface area contributed by atoms with Crippen LogP contribution in [-0.4, -0.2) is 29.1 Å². The van der Waals surface area contributed by atoms with E-state index in [1.807, 2.05) is 25.1 Å². The van der Waals surface area contributed by atoms with Gasteiger partial charge in [0.05, 0.1) is 11.6 Å². The van der Waals surface area contributed by atoms with Gasteiger partial charge in [-0.05, 0) is 49.2 Å². The van der Waals surface area contributed by atoms with Gasteiger partial charge in [-0.15, -0.1) is 0 Å². The van der Waals surface area contributed by atoms with E-state index in [-0.39, 0.29) is 17.8 Å². The monoisotopic (exact) mass is 309 g/mol. The number of hydrogen-bond donors (Lipinski definition) is 2. The highest BCUT2D eigenvalue weighted by Crippen LogP contribution is 2.15. The molecule has 2 rings (SSSR count). The molecular formula is C18H19N3O2. The van der Waals surface area contributed by atoms with Gasteiger partial charge in [-0.1, -0.05) is 18.2 Å². The van der Waals surface area contributed by atoms with Crippen LogP contribution in [0.2, 0.25) is 0 Å². The number of nitriles is 1. The van der Waals surface area contributed by atoms with Crippen LogP contribution in [0.4, 0.5) is 10.5 Å². The number of aromatic hydroxyl groups is 1. The average molecular weight is 309 g/mol. The molecule has 0 aliphatic heterocycles. The first kappa shape index (κ1) is 16.4. The second-order valence-corrected chi connectivity index (χ2v) is 5.45. The van der Waals surface area contributed by atoms with Crippen LogP contribution >= 0.6 is 0 Å². The molecule has 2 aromatic carbocycles. The molecule has 0 bridgehead atoms. The SMILES string of the molecule is C[C@H](Cc1ccc(O)cc1)N(C)C(=O)Nc1cccc(C#N)c1. The number of phenolic OH excluding ortho intramolecular Hbond substituents is 1. The van der Waals surface area contributed by atoms with Gasteiger partial charge in [0.15, 0.2) is 0 Å². The smallest absolute Gasteiger partial charge is 0.321 e. The molecule has 0 saturated carbocycles. The zero-order chi connectivity index (χ0) is 16.8. The molecule has 0 aromatic heterocycles. The first-order valence-corrected chi connectivity index (χ1v) is 7.31. The summed E-state index contributed by atoms with van der Waals surface area (Å²) in [5, 5.41) is 21.0. The van der Waals surface area contributed by atoms with E-state index < -0.39 is 0 Å². The first-order chi connectivity index (χ1) is 11.0. The van der Waals surface area contributed by atoms with Gasteiger partial charge in [-0.3, -0.25) is 0 Å². The van der Waals surface area contributed by atoms with Gasteiger partial charge in [0.25, 0.3) is 0 Å². The molecule has 0 radical (unpaired) electrons. The largest absolute Gasteiger partial charge is 0.508 e. The molecule has 2 N–H and O–H groups in total. The van der Waals surface area contributed by atoms with E-state index in [2.05, 4.69) is 5.32 Å². The molecule has 5 nitrogen and oxygen atoms in total. The number of nitrogens with zero attached hydrogens (tertiary/aromatic N) is 2. The molecule has 23 heavy (non-hydrogen) atoms. The molecule has 0 unspecified atom stereocenters. The third-order valence-corrected chi connectivity index (χ3v) is 3.69. The molecule has 0 heterocycles. The van der Waals surface area contributed by atoms with Gasteiger partial charge in [0.2, 0.25) is 0 Å². The number of benzene rings is 2. The molecule has 0 aliphatic carbocycles. The normalized spacial score (nSPS) is 11.3. The summed E-state index contributed by atoms with van der Waals surface area (Å²) in [7, 11) is 1.73. The van der Waals surface area contributed by atoms with Crippen LogP contribution in [0.5, 0.6) is 5.75 Å². The zero-order valence-corrected chi connectivity index (χ0v) is 13.2. The van der Waals surface area contributed by atoms with Crippen molar-refractivity contribution in [1.82, 2.24) is 4.90 Å². The molecule has 0 saturated heterocycles. The number of amides is 2. The lowest BCUT2D eigenvalue weighted by Crippen LogP contribution is -2.39. The van der Waals surface area contributed by atoms with Crippen molar-refractivity contribution < 1.29 is 9.90 Å². The Morgan fingerprint density at radius 2 is 2.00 bits per heavy atom. The van der Waals surface area contributed by atoms with Crippen molar-refractivity contribution in [3.05, 3.63) is 59.7 Å². The van der Waals surface area contributed by atoms with E-state index in [1.54, 1.807) is 48.3 Å². The Morgan fingerprint density at radius 1 is 1.30 bits per heavy atom. The van der Waals surface area contributed by atoms with Crippen molar-refractivity contribution in [2.75, 3.05) is 12.4 Å². The van der Waals surface area contributed by atoms with Crippen molar-refractivity contribution >= 4 is 11.7 Å². The van der Waals surface area contributed by atoms with Gasteiger partial charge < -0.3 is 15.3 Å². The molecule has 5 heteroatoms. The van der Waals surface area contributed by atoms with E-state index in [0.29, 0.717) is 17.7 Å². The molecular weight excluding hydrogens is 290 g/mol. The van der Waals surface area contributed by atoms with E-state index in [0.717, 1.165) is 5.56 Å². The highest BCUT2D eigenvalue weighted by Gasteiger charge is 2.16. The van der Waals surface area contributed by atoms with Crippen molar-refractivity contribution in [3.63, 3.8) is 0 Å².